The van der Waals surface area contributed by atoms with Crippen LogP contribution in [0.3, 0.4) is 0 Å². The van der Waals surface area contributed by atoms with E-state index in [0.29, 0.717) is 19.0 Å². The predicted molar refractivity (Wildman–Crippen MR) is 79.2 cm³/mol. The fourth-order valence-corrected chi connectivity index (χ4v) is 2.46. The third kappa shape index (κ3) is 3.72. The molecule has 2 N–H and O–H groups in total. The number of urea groups is 1. The number of nitrogens with zero attached hydrogens (tertiary/aromatic N) is 2. The number of pyridine rings is 1. The highest BCUT2D eigenvalue weighted by Gasteiger charge is 2.15. The Morgan fingerprint density at radius 2 is 2.38 bits per heavy atom. The summed E-state index contributed by atoms with van der Waals surface area (Å²) in [6, 6.07) is 5.78. The highest BCUT2D eigenvalue weighted by atomic mass is 16.5. The standard InChI is InChI=1S/C15H20N4O2/c20-15(17-9-12-5-8-21-11-12)16-6-4-13-10-19-7-2-1-3-14(19)18-13/h1-3,7,10,12H,4-6,8-9,11H2,(H2,16,17,20). The van der Waals surface area contributed by atoms with E-state index < -0.39 is 0 Å². The monoisotopic (exact) mass is 288 g/mol. The number of hydrogen-bond donors (Lipinski definition) is 2. The molecule has 1 aliphatic rings. The lowest BCUT2D eigenvalue weighted by Gasteiger charge is -2.10. The van der Waals surface area contributed by atoms with Gasteiger partial charge in [-0.25, -0.2) is 9.78 Å². The van der Waals surface area contributed by atoms with E-state index in [4.69, 9.17) is 4.74 Å². The molecule has 0 radical (unpaired) electrons. The normalized spacial score (nSPS) is 18.0. The number of imidazole rings is 1. The molecular weight excluding hydrogens is 268 g/mol. The summed E-state index contributed by atoms with van der Waals surface area (Å²) in [5.74, 6) is 0.453. The van der Waals surface area contributed by atoms with E-state index in [0.717, 1.165) is 37.4 Å². The lowest BCUT2D eigenvalue weighted by Crippen LogP contribution is -2.39. The van der Waals surface area contributed by atoms with Gasteiger partial charge < -0.3 is 19.8 Å². The van der Waals surface area contributed by atoms with Gasteiger partial charge in [-0.2, -0.15) is 0 Å². The summed E-state index contributed by atoms with van der Waals surface area (Å²) < 4.78 is 7.26. The number of amides is 2. The van der Waals surface area contributed by atoms with Gasteiger partial charge in [0.05, 0.1) is 12.3 Å². The molecule has 1 atom stereocenters. The molecule has 21 heavy (non-hydrogen) atoms. The fraction of sp³-hybridized carbons (Fsp3) is 0.467. The Morgan fingerprint density at radius 3 is 3.19 bits per heavy atom. The van der Waals surface area contributed by atoms with Crippen LogP contribution < -0.4 is 10.6 Å². The molecule has 1 saturated heterocycles. The van der Waals surface area contributed by atoms with Crippen LogP contribution in [0.5, 0.6) is 0 Å². The summed E-state index contributed by atoms with van der Waals surface area (Å²) in [4.78, 5) is 16.2. The Labute approximate surface area is 123 Å². The van der Waals surface area contributed by atoms with Crippen LogP contribution in [0, 0.1) is 5.92 Å². The lowest BCUT2D eigenvalue weighted by atomic mass is 10.1. The molecule has 3 rings (SSSR count). The molecule has 2 amide bonds. The fourth-order valence-electron chi connectivity index (χ4n) is 2.46. The van der Waals surface area contributed by atoms with Crippen molar-refractivity contribution in [1.29, 1.82) is 0 Å². The molecule has 2 aromatic heterocycles. The quantitative estimate of drug-likeness (QED) is 0.869. The largest absolute Gasteiger partial charge is 0.381 e. The maximum Gasteiger partial charge on any atom is 0.314 e. The Hall–Kier alpha value is -2.08. The Morgan fingerprint density at radius 1 is 1.43 bits per heavy atom. The van der Waals surface area contributed by atoms with E-state index in [9.17, 15) is 4.79 Å². The Balaban J connectivity index is 1.39. The zero-order valence-corrected chi connectivity index (χ0v) is 11.9. The summed E-state index contributed by atoms with van der Waals surface area (Å²) in [5, 5.41) is 5.74. The summed E-state index contributed by atoms with van der Waals surface area (Å²) in [7, 11) is 0. The molecule has 0 spiro atoms. The van der Waals surface area contributed by atoms with Gasteiger partial charge in [0.25, 0.3) is 0 Å². The van der Waals surface area contributed by atoms with E-state index in [2.05, 4.69) is 15.6 Å². The van der Waals surface area contributed by atoms with Crippen LogP contribution in [0.1, 0.15) is 12.1 Å². The Kier molecular flexibility index (Phi) is 4.35. The van der Waals surface area contributed by atoms with E-state index in [-0.39, 0.29) is 6.03 Å². The van der Waals surface area contributed by atoms with Crippen molar-refractivity contribution in [3.8, 4) is 0 Å². The summed E-state index contributed by atoms with van der Waals surface area (Å²) in [6.45, 7) is 2.82. The van der Waals surface area contributed by atoms with E-state index >= 15 is 0 Å². The molecule has 3 heterocycles. The van der Waals surface area contributed by atoms with Crippen molar-refractivity contribution in [1.82, 2.24) is 20.0 Å². The van der Waals surface area contributed by atoms with E-state index in [1.807, 2.05) is 35.0 Å². The number of ether oxygens (including phenoxy) is 1. The second-order valence-corrected chi connectivity index (χ2v) is 5.31. The van der Waals surface area contributed by atoms with Crippen molar-refractivity contribution >= 4 is 11.7 Å². The molecule has 2 aromatic rings. The van der Waals surface area contributed by atoms with Crippen molar-refractivity contribution in [2.45, 2.75) is 12.8 Å². The van der Waals surface area contributed by atoms with Gasteiger partial charge in [0.1, 0.15) is 5.65 Å². The molecular formula is C15H20N4O2. The van der Waals surface area contributed by atoms with Gasteiger partial charge in [0.2, 0.25) is 0 Å². The third-order valence-electron chi connectivity index (χ3n) is 3.66. The molecule has 1 fully saturated rings. The Bertz CT molecular complexity index is 571. The first-order chi connectivity index (χ1) is 10.3. The summed E-state index contributed by atoms with van der Waals surface area (Å²) >= 11 is 0. The molecule has 1 unspecified atom stereocenters. The molecule has 6 heteroatoms. The van der Waals surface area contributed by atoms with Gasteiger partial charge in [0, 0.05) is 44.4 Å². The van der Waals surface area contributed by atoms with Gasteiger partial charge in [0.15, 0.2) is 0 Å². The highest BCUT2D eigenvalue weighted by molar-refractivity contribution is 5.73. The van der Waals surface area contributed by atoms with Crippen molar-refractivity contribution in [3.05, 3.63) is 36.3 Å². The highest BCUT2D eigenvalue weighted by Crippen LogP contribution is 2.10. The minimum Gasteiger partial charge on any atom is -0.381 e. The lowest BCUT2D eigenvalue weighted by molar-refractivity contribution is 0.185. The molecule has 0 aromatic carbocycles. The SMILES string of the molecule is O=C(NCCc1cn2ccccc2n1)NCC1CCOC1. The molecule has 0 saturated carbocycles. The summed E-state index contributed by atoms with van der Waals surface area (Å²) in [6.07, 6.45) is 5.71. The average Bonchev–Trinajstić information content (AvgIpc) is 3.14. The molecule has 0 bridgehead atoms. The zero-order valence-electron chi connectivity index (χ0n) is 11.9. The van der Waals surface area contributed by atoms with Crippen LogP contribution in [0.15, 0.2) is 30.6 Å². The minimum absolute atomic E-state index is 0.120. The van der Waals surface area contributed by atoms with Gasteiger partial charge in [-0.1, -0.05) is 6.07 Å². The van der Waals surface area contributed by atoms with E-state index in [1.165, 1.54) is 0 Å². The van der Waals surface area contributed by atoms with Crippen molar-refractivity contribution < 1.29 is 9.53 Å². The molecule has 1 aliphatic heterocycles. The van der Waals surface area contributed by atoms with Gasteiger partial charge >= 0.3 is 6.03 Å². The molecule has 112 valence electrons. The van der Waals surface area contributed by atoms with Crippen LogP contribution in [-0.2, 0) is 11.2 Å². The number of nitrogens with one attached hydrogen (secondary N) is 2. The van der Waals surface area contributed by atoms with Crippen molar-refractivity contribution in [2.24, 2.45) is 5.92 Å². The van der Waals surface area contributed by atoms with Gasteiger partial charge in [-0.15, -0.1) is 0 Å². The smallest absolute Gasteiger partial charge is 0.314 e. The van der Waals surface area contributed by atoms with E-state index in [1.54, 1.807) is 0 Å². The number of carbonyl (C=O) groups is 1. The first-order valence-corrected chi connectivity index (χ1v) is 7.33. The number of carbonyl (C=O) groups excluding carboxylic acids is 1. The molecule has 6 nitrogen and oxygen atoms in total. The first kappa shape index (κ1) is 13.9. The topological polar surface area (TPSA) is 67.7 Å². The maximum atomic E-state index is 11.7. The van der Waals surface area contributed by atoms with Gasteiger partial charge in [-0.05, 0) is 18.6 Å². The van der Waals surface area contributed by atoms with Crippen LogP contribution in [0.4, 0.5) is 4.79 Å². The van der Waals surface area contributed by atoms with Crippen LogP contribution in [-0.4, -0.2) is 41.7 Å². The third-order valence-corrected chi connectivity index (χ3v) is 3.66. The number of rotatable bonds is 5. The first-order valence-electron chi connectivity index (χ1n) is 7.33. The second kappa shape index (κ2) is 6.58. The van der Waals surface area contributed by atoms with Gasteiger partial charge in [-0.3, -0.25) is 0 Å². The molecule has 0 aliphatic carbocycles. The van der Waals surface area contributed by atoms with Crippen molar-refractivity contribution in [2.75, 3.05) is 26.3 Å². The number of hydrogen-bond acceptors (Lipinski definition) is 3. The number of aromatic nitrogens is 2. The van der Waals surface area contributed by atoms with Crippen LogP contribution in [0.2, 0.25) is 0 Å². The minimum atomic E-state index is -0.120. The van der Waals surface area contributed by atoms with Crippen molar-refractivity contribution in [3.63, 3.8) is 0 Å². The van der Waals surface area contributed by atoms with Crippen LogP contribution >= 0.6 is 0 Å². The predicted octanol–water partition coefficient (Wildman–Crippen LogP) is 1.21. The maximum absolute atomic E-state index is 11.7. The second-order valence-electron chi connectivity index (χ2n) is 5.31. The number of fused-ring (bicyclic) bond motifs is 1. The summed E-state index contributed by atoms with van der Waals surface area (Å²) in [5.41, 5.74) is 1.91. The zero-order chi connectivity index (χ0) is 14.5. The van der Waals surface area contributed by atoms with Crippen LogP contribution in [0.25, 0.3) is 5.65 Å². The average molecular weight is 288 g/mol.